The maximum atomic E-state index is 9.87. The Morgan fingerprint density at radius 2 is 2.12 bits per heavy atom. The summed E-state index contributed by atoms with van der Waals surface area (Å²) in [5.41, 5.74) is 7.98. The Labute approximate surface area is 94.3 Å². The van der Waals surface area contributed by atoms with Gasteiger partial charge in [0, 0.05) is 30.3 Å². The number of rotatable bonds is 0. The molecule has 2 atom stereocenters. The summed E-state index contributed by atoms with van der Waals surface area (Å²) in [4.78, 5) is 2.34. The number of phenolic OH excluding ortho intramolecular Hbond substituents is 2. The molecule has 4 N–H and O–H groups in total. The van der Waals surface area contributed by atoms with Gasteiger partial charge in [0.05, 0.1) is 0 Å². The number of aromatic hydroxyl groups is 2. The van der Waals surface area contributed by atoms with Crippen LogP contribution in [0.1, 0.15) is 30.0 Å². The average molecular weight is 220 g/mol. The molecule has 3 rings (SSSR count). The van der Waals surface area contributed by atoms with Gasteiger partial charge < -0.3 is 15.9 Å². The molecule has 0 bridgehead atoms. The first-order chi connectivity index (χ1) is 7.66. The van der Waals surface area contributed by atoms with Gasteiger partial charge in [0.1, 0.15) is 11.5 Å². The Hall–Kier alpha value is -1.26. The third-order valence-electron chi connectivity index (χ3n) is 3.76. The van der Waals surface area contributed by atoms with E-state index in [1.807, 2.05) is 0 Å². The summed E-state index contributed by atoms with van der Waals surface area (Å²) in [5.74, 6) is 0.246. The minimum atomic E-state index is -0.133. The van der Waals surface area contributed by atoms with Crippen LogP contribution >= 0.6 is 0 Å². The average Bonchev–Trinajstić information content (AvgIpc) is 2.64. The lowest BCUT2D eigenvalue weighted by Gasteiger charge is -2.36. The van der Waals surface area contributed by atoms with E-state index in [1.54, 1.807) is 6.07 Å². The van der Waals surface area contributed by atoms with Crippen molar-refractivity contribution in [1.82, 2.24) is 4.90 Å². The van der Waals surface area contributed by atoms with Crippen molar-refractivity contribution >= 4 is 0 Å². The SMILES string of the molecule is NC1c2c(O)cc(O)cc2CN2CCC[C@@H]12. The summed E-state index contributed by atoms with van der Waals surface area (Å²) < 4.78 is 0. The highest BCUT2D eigenvalue weighted by atomic mass is 16.3. The summed E-state index contributed by atoms with van der Waals surface area (Å²) in [5, 5.41) is 19.3. The van der Waals surface area contributed by atoms with E-state index in [0.29, 0.717) is 6.04 Å². The van der Waals surface area contributed by atoms with Crippen LogP contribution in [0.3, 0.4) is 0 Å². The maximum Gasteiger partial charge on any atom is 0.124 e. The zero-order valence-electron chi connectivity index (χ0n) is 9.06. The summed E-state index contributed by atoms with van der Waals surface area (Å²) >= 11 is 0. The molecule has 2 aliphatic heterocycles. The van der Waals surface area contributed by atoms with Crippen molar-refractivity contribution in [2.75, 3.05) is 6.54 Å². The molecule has 0 aromatic heterocycles. The molecular formula is C12H16N2O2. The minimum Gasteiger partial charge on any atom is -0.508 e. The highest BCUT2D eigenvalue weighted by Gasteiger charge is 2.37. The van der Waals surface area contributed by atoms with Crippen LogP contribution in [-0.4, -0.2) is 27.7 Å². The molecule has 0 saturated carbocycles. The zero-order valence-corrected chi connectivity index (χ0v) is 9.06. The van der Waals surface area contributed by atoms with Gasteiger partial charge in [-0.2, -0.15) is 0 Å². The Morgan fingerprint density at radius 1 is 1.31 bits per heavy atom. The van der Waals surface area contributed by atoms with Crippen molar-refractivity contribution < 1.29 is 10.2 Å². The Kier molecular flexibility index (Phi) is 2.09. The van der Waals surface area contributed by atoms with Gasteiger partial charge in [-0.25, -0.2) is 0 Å². The topological polar surface area (TPSA) is 69.7 Å². The monoisotopic (exact) mass is 220 g/mol. The lowest BCUT2D eigenvalue weighted by molar-refractivity contribution is 0.194. The second-order valence-electron chi connectivity index (χ2n) is 4.74. The molecule has 0 radical (unpaired) electrons. The second kappa shape index (κ2) is 3.37. The van der Waals surface area contributed by atoms with Gasteiger partial charge in [0.15, 0.2) is 0 Å². The van der Waals surface area contributed by atoms with Crippen molar-refractivity contribution in [3.05, 3.63) is 23.3 Å². The van der Waals surface area contributed by atoms with E-state index in [-0.39, 0.29) is 17.5 Å². The van der Waals surface area contributed by atoms with Crippen LogP contribution in [0.25, 0.3) is 0 Å². The quantitative estimate of drug-likeness (QED) is 0.612. The molecule has 0 amide bonds. The number of benzene rings is 1. The molecule has 0 spiro atoms. The first kappa shape index (κ1) is 9.93. The fourth-order valence-corrected chi connectivity index (χ4v) is 3.06. The summed E-state index contributed by atoms with van der Waals surface area (Å²) in [6, 6.07) is 3.31. The molecule has 16 heavy (non-hydrogen) atoms. The number of nitrogens with zero attached hydrogens (tertiary/aromatic N) is 1. The van der Waals surface area contributed by atoms with Crippen LogP contribution in [0.15, 0.2) is 12.1 Å². The van der Waals surface area contributed by atoms with Gasteiger partial charge in [-0.15, -0.1) is 0 Å². The first-order valence-electron chi connectivity index (χ1n) is 5.71. The lowest BCUT2D eigenvalue weighted by Crippen LogP contribution is -2.42. The summed E-state index contributed by atoms with van der Waals surface area (Å²) in [7, 11) is 0. The standard InChI is InChI=1S/C12H16N2O2/c13-12-9-2-1-3-14(9)6-7-4-8(15)5-10(16)11(7)12/h4-5,9,12,15-16H,1-3,6,13H2/t9-,12?/m0/s1. The van der Waals surface area contributed by atoms with Crippen LogP contribution in [0.4, 0.5) is 0 Å². The number of hydrogen-bond acceptors (Lipinski definition) is 4. The van der Waals surface area contributed by atoms with Gasteiger partial charge in [0.25, 0.3) is 0 Å². The number of nitrogens with two attached hydrogens (primary N) is 1. The molecule has 2 heterocycles. The van der Waals surface area contributed by atoms with Crippen molar-refractivity contribution in [2.45, 2.75) is 31.5 Å². The van der Waals surface area contributed by atoms with Gasteiger partial charge in [0.2, 0.25) is 0 Å². The fourth-order valence-electron chi connectivity index (χ4n) is 3.06. The van der Waals surface area contributed by atoms with E-state index in [1.165, 1.54) is 12.5 Å². The second-order valence-corrected chi connectivity index (χ2v) is 4.74. The number of fused-ring (bicyclic) bond motifs is 2. The van der Waals surface area contributed by atoms with Gasteiger partial charge in [-0.3, -0.25) is 4.90 Å². The van der Waals surface area contributed by atoms with Crippen LogP contribution in [0, 0.1) is 0 Å². The molecule has 1 fully saturated rings. The Bertz CT molecular complexity index is 433. The van der Waals surface area contributed by atoms with E-state index in [2.05, 4.69) is 4.90 Å². The molecule has 4 nitrogen and oxygen atoms in total. The fraction of sp³-hybridized carbons (Fsp3) is 0.500. The van der Waals surface area contributed by atoms with E-state index in [9.17, 15) is 10.2 Å². The number of phenols is 2. The Morgan fingerprint density at radius 3 is 2.94 bits per heavy atom. The van der Waals surface area contributed by atoms with Crippen molar-refractivity contribution in [1.29, 1.82) is 0 Å². The molecule has 4 heteroatoms. The molecule has 1 unspecified atom stereocenters. The predicted octanol–water partition coefficient (Wildman–Crippen LogP) is 1.08. The Balaban J connectivity index is 2.10. The largest absolute Gasteiger partial charge is 0.508 e. The minimum absolute atomic E-state index is 0.112. The van der Waals surface area contributed by atoms with E-state index >= 15 is 0 Å². The van der Waals surface area contributed by atoms with Gasteiger partial charge in [-0.1, -0.05) is 0 Å². The maximum absolute atomic E-state index is 9.87. The smallest absolute Gasteiger partial charge is 0.124 e. The zero-order chi connectivity index (χ0) is 11.3. The molecule has 2 aliphatic rings. The summed E-state index contributed by atoms with van der Waals surface area (Å²) in [6.07, 6.45) is 2.26. The lowest BCUT2D eigenvalue weighted by atomic mass is 9.89. The molecule has 0 aliphatic carbocycles. The van der Waals surface area contributed by atoms with E-state index < -0.39 is 0 Å². The predicted molar refractivity (Wildman–Crippen MR) is 60.1 cm³/mol. The van der Waals surface area contributed by atoms with Crippen LogP contribution in [0.2, 0.25) is 0 Å². The normalized spacial score (nSPS) is 28.8. The van der Waals surface area contributed by atoms with E-state index in [0.717, 1.165) is 30.6 Å². The molecule has 1 aromatic rings. The highest BCUT2D eigenvalue weighted by molar-refractivity contribution is 5.49. The highest BCUT2D eigenvalue weighted by Crippen LogP contribution is 2.41. The molecule has 1 saturated heterocycles. The molecule has 86 valence electrons. The van der Waals surface area contributed by atoms with Crippen molar-refractivity contribution in [3.8, 4) is 11.5 Å². The molecule has 1 aromatic carbocycles. The van der Waals surface area contributed by atoms with Crippen molar-refractivity contribution in [2.24, 2.45) is 5.73 Å². The molecular weight excluding hydrogens is 204 g/mol. The summed E-state index contributed by atoms with van der Waals surface area (Å²) in [6.45, 7) is 1.85. The third-order valence-corrected chi connectivity index (χ3v) is 3.76. The first-order valence-corrected chi connectivity index (χ1v) is 5.71. The van der Waals surface area contributed by atoms with Crippen LogP contribution in [-0.2, 0) is 6.54 Å². The third kappa shape index (κ3) is 1.30. The van der Waals surface area contributed by atoms with Crippen molar-refractivity contribution in [3.63, 3.8) is 0 Å². The van der Waals surface area contributed by atoms with Gasteiger partial charge >= 0.3 is 0 Å². The van der Waals surface area contributed by atoms with Crippen LogP contribution < -0.4 is 5.73 Å². The van der Waals surface area contributed by atoms with E-state index in [4.69, 9.17) is 5.73 Å². The van der Waals surface area contributed by atoms with Crippen LogP contribution in [0.5, 0.6) is 11.5 Å². The van der Waals surface area contributed by atoms with Gasteiger partial charge in [-0.05, 0) is 31.0 Å². The number of hydrogen-bond donors (Lipinski definition) is 3.